The molecule has 0 saturated carbocycles. The maximum Gasteiger partial charge on any atom is 0.123 e. The lowest BCUT2D eigenvalue weighted by Gasteiger charge is -2.09. The Morgan fingerprint density at radius 1 is 1.17 bits per heavy atom. The molecule has 0 atom stereocenters. The van der Waals surface area contributed by atoms with Gasteiger partial charge >= 0.3 is 0 Å². The molecule has 0 aliphatic rings. The normalized spacial score (nSPS) is 10.3. The van der Waals surface area contributed by atoms with Gasteiger partial charge in [-0.1, -0.05) is 13.8 Å². The molecule has 1 aromatic carbocycles. The van der Waals surface area contributed by atoms with E-state index in [4.69, 9.17) is 0 Å². The predicted molar refractivity (Wildman–Crippen MR) is 49.9 cm³/mol. The van der Waals surface area contributed by atoms with Gasteiger partial charge in [-0.15, -0.1) is 0 Å². The summed E-state index contributed by atoms with van der Waals surface area (Å²) < 4.78 is 12.9. The third-order valence-corrected chi connectivity index (χ3v) is 2.26. The van der Waals surface area contributed by atoms with Crippen LogP contribution in [0.15, 0.2) is 12.1 Å². The number of hydrogen-bond donors (Lipinski definition) is 0. The largest absolute Gasteiger partial charge is 0.207 e. The second kappa shape index (κ2) is 3.70. The van der Waals surface area contributed by atoms with Gasteiger partial charge in [-0.3, -0.25) is 0 Å². The highest BCUT2D eigenvalue weighted by atomic mass is 19.1. The van der Waals surface area contributed by atoms with E-state index in [9.17, 15) is 4.39 Å². The van der Waals surface area contributed by atoms with Crippen LogP contribution < -0.4 is 0 Å². The van der Waals surface area contributed by atoms with Gasteiger partial charge in [0.15, 0.2) is 0 Å². The zero-order valence-corrected chi connectivity index (χ0v) is 7.95. The quantitative estimate of drug-likeness (QED) is 0.632. The lowest BCUT2D eigenvalue weighted by Crippen LogP contribution is -1.96. The lowest BCUT2D eigenvalue weighted by atomic mass is 9.98. The highest BCUT2D eigenvalue weighted by molar-refractivity contribution is 5.35. The van der Waals surface area contributed by atoms with Gasteiger partial charge in [0.2, 0.25) is 0 Å². The summed E-state index contributed by atoms with van der Waals surface area (Å²) in [7, 11) is 0. The zero-order valence-electron chi connectivity index (χ0n) is 7.95. The van der Waals surface area contributed by atoms with Gasteiger partial charge in [-0.25, -0.2) is 4.39 Å². The summed E-state index contributed by atoms with van der Waals surface area (Å²) in [5, 5.41) is 0. The molecule has 0 bridgehead atoms. The number of hydrogen-bond acceptors (Lipinski definition) is 0. The fourth-order valence-corrected chi connectivity index (χ4v) is 1.66. The zero-order chi connectivity index (χ0) is 9.14. The van der Waals surface area contributed by atoms with Gasteiger partial charge in [0.25, 0.3) is 0 Å². The summed E-state index contributed by atoms with van der Waals surface area (Å²) in [4.78, 5) is 0. The molecule has 0 radical (unpaired) electrons. The average Bonchev–Trinajstić information content (AvgIpc) is 2.03. The minimum absolute atomic E-state index is 0.110. The standard InChI is InChI=1S/C11H15F/c1-4-9-7-10(12)6-8(3)11(9)5-2/h6-7H,4-5H2,1-3H3. The molecule has 1 rings (SSSR count). The van der Waals surface area contributed by atoms with E-state index in [-0.39, 0.29) is 5.82 Å². The summed E-state index contributed by atoms with van der Waals surface area (Å²) in [6.45, 7) is 6.15. The van der Waals surface area contributed by atoms with E-state index >= 15 is 0 Å². The van der Waals surface area contributed by atoms with Crippen molar-refractivity contribution in [3.05, 3.63) is 34.6 Å². The van der Waals surface area contributed by atoms with E-state index < -0.39 is 0 Å². The Kier molecular flexibility index (Phi) is 2.85. The van der Waals surface area contributed by atoms with Gasteiger partial charge in [0.05, 0.1) is 0 Å². The molecule has 0 nitrogen and oxygen atoms in total. The van der Waals surface area contributed by atoms with Crippen molar-refractivity contribution in [3.8, 4) is 0 Å². The van der Waals surface area contributed by atoms with Crippen molar-refractivity contribution < 1.29 is 4.39 Å². The molecular formula is C11H15F. The average molecular weight is 166 g/mol. The second-order valence-corrected chi connectivity index (χ2v) is 3.07. The van der Waals surface area contributed by atoms with Crippen LogP contribution in [0.4, 0.5) is 4.39 Å². The molecule has 0 spiro atoms. The molecule has 0 saturated heterocycles. The van der Waals surface area contributed by atoms with Crippen LogP contribution in [0.25, 0.3) is 0 Å². The van der Waals surface area contributed by atoms with E-state index in [1.165, 1.54) is 5.56 Å². The Morgan fingerprint density at radius 2 is 1.83 bits per heavy atom. The maximum absolute atomic E-state index is 12.9. The molecule has 1 aromatic rings. The number of halogens is 1. The van der Waals surface area contributed by atoms with Crippen LogP contribution in [0.2, 0.25) is 0 Å². The summed E-state index contributed by atoms with van der Waals surface area (Å²) in [5.41, 5.74) is 3.53. The van der Waals surface area contributed by atoms with Crippen LogP contribution in [0.1, 0.15) is 30.5 Å². The van der Waals surface area contributed by atoms with E-state index in [0.717, 1.165) is 24.0 Å². The third-order valence-electron chi connectivity index (χ3n) is 2.26. The molecule has 1 heteroatoms. The van der Waals surface area contributed by atoms with Crippen molar-refractivity contribution in [1.82, 2.24) is 0 Å². The highest BCUT2D eigenvalue weighted by Crippen LogP contribution is 2.17. The van der Waals surface area contributed by atoms with Gasteiger partial charge in [0, 0.05) is 0 Å². The molecule has 0 aliphatic heterocycles. The molecule has 0 amide bonds. The Morgan fingerprint density at radius 3 is 2.33 bits per heavy atom. The van der Waals surface area contributed by atoms with E-state index in [2.05, 4.69) is 13.8 Å². The van der Waals surface area contributed by atoms with Crippen molar-refractivity contribution >= 4 is 0 Å². The van der Waals surface area contributed by atoms with Crippen molar-refractivity contribution in [2.45, 2.75) is 33.6 Å². The number of benzene rings is 1. The van der Waals surface area contributed by atoms with Crippen molar-refractivity contribution in [1.29, 1.82) is 0 Å². The van der Waals surface area contributed by atoms with Gasteiger partial charge in [-0.05, 0) is 48.6 Å². The van der Waals surface area contributed by atoms with Crippen LogP contribution in [-0.2, 0) is 12.8 Å². The first kappa shape index (κ1) is 9.24. The first-order chi connectivity index (χ1) is 5.69. The fraction of sp³-hybridized carbons (Fsp3) is 0.455. The van der Waals surface area contributed by atoms with Crippen LogP contribution in [0, 0.1) is 12.7 Å². The summed E-state index contributed by atoms with van der Waals surface area (Å²) >= 11 is 0. The highest BCUT2D eigenvalue weighted by Gasteiger charge is 2.04. The molecule has 0 aromatic heterocycles. The fourth-order valence-electron chi connectivity index (χ4n) is 1.66. The first-order valence-electron chi connectivity index (χ1n) is 4.47. The van der Waals surface area contributed by atoms with Gasteiger partial charge in [-0.2, -0.15) is 0 Å². The number of aryl methyl sites for hydroxylation is 2. The molecule has 0 N–H and O–H groups in total. The van der Waals surface area contributed by atoms with E-state index in [1.54, 1.807) is 12.1 Å². The van der Waals surface area contributed by atoms with Crippen molar-refractivity contribution in [2.75, 3.05) is 0 Å². The first-order valence-corrected chi connectivity index (χ1v) is 4.47. The Labute approximate surface area is 73.4 Å². The molecular weight excluding hydrogens is 151 g/mol. The van der Waals surface area contributed by atoms with Crippen molar-refractivity contribution in [2.24, 2.45) is 0 Å². The summed E-state index contributed by atoms with van der Waals surface area (Å²) in [5.74, 6) is -0.110. The minimum atomic E-state index is -0.110. The second-order valence-electron chi connectivity index (χ2n) is 3.07. The van der Waals surface area contributed by atoms with Crippen LogP contribution in [0.5, 0.6) is 0 Å². The topological polar surface area (TPSA) is 0 Å². The smallest absolute Gasteiger partial charge is 0.123 e. The minimum Gasteiger partial charge on any atom is -0.207 e. The molecule has 0 fully saturated rings. The van der Waals surface area contributed by atoms with E-state index in [1.807, 2.05) is 6.92 Å². The Balaban J connectivity index is 3.24. The summed E-state index contributed by atoms with van der Waals surface area (Å²) in [6.07, 6.45) is 1.91. The Bertz CT molecular complexity index is 277. The maximum atomic E-state index is 12.9. The monoisotopic (exact) mass is 166 g/mol. The summed E-state index contributed by atoms with van der Waals surface area (Å²) in [6, 6.07) is 3.25. The van der Waals surface area contributed by atoms with Crippen LogP contribution in [0.3, 0.4) is 0 Å². The molecule has 66 valence electrons. The Hall–Kier alpha value is -0.850. The molecule has 0 unspecified atom stereocenters. The van der Waals surface area contributed by atoms with Crippen molar-refractivity contribution in [3.63, 3.8) is 0 Å². The SMILES string of the molecule is CCc1cc(F)cc(C)c1CC. The molecule has 0 aliphatic carbocycles. The molecule has 0 heterocycles. The lowest BCUT2D eigenvalue weighted by molar-refractivity contribution is 0.623. The van der Waals surface area contributed by atoms with Gasteiger partial charge in [0.1, 0.15) is 5.82 Å². The molecule has 12 heavy (non-hydrogen) atoms. The van der Waals surface area contributed by atoms with E-state index in [0.29, 0.717) is 0 Å². The predicted octanol–water partition coefficient (Wildman–Crippen LogP) is 3.26. The van der Waals surface area contributed by atoms with Crippen LogP contribution in [-0.4, -0.2) is 0 Å². The third kappa shape index (κ3) is 1.66. The number of rotatable bonds is 2. The van der Waals surface area contributed by atoms with Gasteiger partial charge < -0.3 is 0 Å². The van der Waals surface area contributed by atoms with Crippen LogP contribution >= 0.6 is 0 Å².